The molecule has 0 aliphatic heterocycles. The fraction of sp³-hybridized carbons (Fsp3) is 0.333. The molecule has 2 aromatic rings. The SMILES string of the molecule is Cc1ccsc1-c1ccnc(CCCN)n1. The van der Waals surface area contributed by atoms with Gasteiger partial charge in [-0.2, -0.15) is 0 Å². The van der Waals surface area contributed by atoms with Crippen LogP contribution in [0.15, 0.2) is 23.7 Å². The van der Waals surface area contributed by atoms with E-state index >= 15 is 0 Å². The Balaban J connectivity index is 2.26. The van der Waals surface area contributed by atoms with Crippen LogP contribution in [0.3, 0.4) is 0 Å². The van der Waals surface area contributed by atoms with Gasteiger partial charge in [-0.3, -0.25) is 0 Å². The monoisotopic (exact) mass is 233 g/mol. The van der Waals surface area contributed by atoms with E-state index in [-0.39, 0.29) is 0 Å². The van der Waals surface area contributed by atoms with Crippen molar-refractivity contribution in [1.82, 2.24) is 9.97 Å². The van der Waals surface area contributed by atoms with Crippen LogP contribution >= 0.6 is 11.3 Å². The lowest BCUT2D eigenvalue weighted by Crippen LogP contribution is -2.03. The molecule has 0 aromatic carbocycles. The van der Waals surface area contributed by atoms with Gasteiger partial charge in [0.15, 0.2) is 0 Å². The van der Waals surface area contributed by atoms with E-state index in [0.29, 0.717) is 6.54 Å². The summed E-state index contributed by atoms with van der Waals surface area (Å²) in [5.41, 5.74) is 7.77. The smallest absolute Gasteiger partial charge is 0.129 e. The Labute approximate surface area is 99.4 Å². The molecular formula is C12H15N3S. The van der Waals surface area contributed by atoms with E-state index in [0.717, 1.165) is 24.4 Å². The summed E-state index contributed by atoms with van der Waals surface area (Å²) in [6.07, 6.45) is 3.62. The molecule has 2 N–H and O–H groups in total. The van der Waals surface area contributed by atoms with Gasteiger partial charge in [0.05, 0.1) is 10.6 Å². The molecule has 0 aliphatic carbocycles. The Morgan fingerprint density at radius 3 is 2.94 bits per heavy atom. The van der Waals surface area contributed by atoms with Crippen LogP contribution in [-0.4, -0.2) is 16.5 Å². The molecule has 0 fully saturated rings. The quantitative estimate of drug-likeness (QED) is 0.882. The molecule has 0 aliphatic rings. The lowest BCUT2D eigenvalue weighted by molar-refractivity contribution is 0.782. The van der Waals surface area contributed by atoms with E-state index < -0.39 is 0 Å². The molecule has 2 rings (SSSR count). The van der Waals surface area contributed by atoms with E-state index in [1.807, 2.05) is 12.3 Å². The van der Waals surface area contributed by atoms with E-state index in [1.165, 1.54) is 10.4 Å². The standard InChI is InChI=1S/C12H15N3S/c1-9-5-8-16-12(9)10-4-7-14-11(15-10)3-2-6-13/h4-5,7-8H,2-3,6,13H2,1H3. The highest BCUT2D eigenvalue weighted by Gasteiger charge is 2.06. The van der Waals surface area contributed by atoms with Crippen molar-refractivity contribution in [3.05, 3.63) is 35.1 Å². The number of thiophene rings is 1. The van der Waals surface area contributed by atoms with Crippen molar-refractivity contribution in [3.63, 3.8) is 0 Å². The summed E-state index contributed by atoms with van der Waals surface area (Å²) < 4.78 is 0. The summed E-state index contributed by atoms with van der Waals surface area (Å²) in [5, 5.41) is 2.09. The van der Waals surface area contributed by atoms with Gasteiger partial charge in [0.25, 0.3) is 0 Å². The number of hydrogen-bond acceptors (Lipinski definition) is 4. The average Bonchev–Trinajstić information content (AvgIpc) is 2.73. The maximum absolute atomic E-state index is 5.48. The van der Waals surface area contributed by atoms with Crippen molar-refractivity contribution in [2.24, 2.45) is 5.73 Å². The van der Waals surface area contributed by atoms with E-state index in [1.54, 1.807) is 11.3 Å². The topological polar surface area (TPSA) is 51.8 Å². The number of nitrogens with two attached hydrogens (primary N) is 1. The zero-order valence-electron chi connectivity index (χ0n) is 9.31. The van der Waals surface area contributed by atoms with Gasteiger partial charge >= 0.3 is 0 Å². The van der Waals surface area contributed by atoms with Crippen LogP contribution < -0.4 is 5.73 Å². The molecule has 84 valence electrons. The molecule has 0 saturated carbocycles. The lowest BCUT2D eigenvalue weighted by Gasteiger charge is -2.02. The fourth-order valence-electron chi connectivity index (χ4n) is 1.54. The predicted octanol–water partition coefficient (Wildman–Crippen LogP) is 2.40. The molecule has 3 nitrogen and oxygen atoms in total. The van der Waals surface area contributed by atoms with Gasteiger partial charge in [-0.25, -0.2) is 9.97 Å². The number of hydrogen-bond donors (Lipinski definition) is 1. The largest absolute Gasteiger partial charge is 0.330 e. The van der Waals surface area contributed by atoms with Crippen molar-refractivity contribution < 1.29 is 0 Å². The summed E-state index contributed by atoms with van der Waals surface area (Å²) in [6.45, 7) is 2.79. The van der Waals surface area contributed by atoms with E-state index in [2.05, 4.69) is 28.3 Å². The number of aryl methyl sites for hydroxylation is 2. The zero-order valence-corrected chi connectivity index (χ0v) is 10.1. The second-order valence-electron chi connectivity index (χ2n) is 3.68. The first kappa shape index (κ1) is 11.2. The Hall–Kier alpha value is -1.26. The van der Waals surface area contributed by atoms with Gasteiger partial charge in [-0.05, 0) is 43.0 Å². The molecule has 0 radical (unpaired) electrons. The summed E-state index contributed by atoms with van der Waals surface area (Å²) >= 11 is 1.72. The third-order valence-corrected chi connectivity index (χ3v) is 3.44. The molecule has 4 heteroatoms. The van der Waals surface area contributed by atoms with Crippen molar-refractivity contribution in [2.75, 3.05) is 6.54 Å². The number of nitrogens with zero attached hydrogens (tertiary/aromatic N) is 2. The first-order valence-corrected chi connectivity index (χ1v) is 6.25. The second-order valence-corrected chi connectivity index (χ2v) is 4.60. The van der Waals surface area contributed by atoms with Gasteiger partial charge < -0.3 is 5.73 Å². The molecular weight excluding hydrogens is 218 g/mol. The van der Waals surface area contributed by atoms with Crippen LogP contribution in [0, 0.1) is 6.92 Å². The van der Waals surface area contributed by atoms with Crippen molar-refractivity contribution in [2.45, 2.75) is 19.8 Å². The summed E-state index contributed by atoms with van der Waals surface area (Å²) in [7, 11) is 0. The van der Waals surface area contributed by atoms with Gasteiger partial charge in [0.1, 0.15) is 5.82 Å². The van der Waals surface area contributed by atoms with Gasteiger partial charge in [0, 0.05) is 12.6 Å². The van der Waals surface area contributed by atoms with E-state index in [4.69, 9.17) is 5.73 Å². The molecule has 2 heterocycles. The highest BCUT2D eigenvalue weighted by Crippen LogP contribution is 2.26. The average molecular weight is 233 g/mol. The maximum Gasteiger partial charge on any atom is 0.129 e. The molecule has 0 spiro atoms. The van der Waals surface area contributed by atoms with E-state index in [9.17, 15) is 0 Å². The third-order valence-electron chi connectivity index (χ3n) is 2.40. The summed E-state index contributed by atoms with van der Waals surface area (Å²) in [5.74, 6) is 0.885. The minimum absolute atomic E-state index is 0.686. The van der Waals surface area contributed by atoms with Crippen molar-refractivity contribution in [3.8, 4) is 10.6 Å². The molecule has 0 unspecified atom stereocenters. The first-order valence-electron chi connectivity index (χ1n) is 5.37. The van der Waals surface area contributed by atoms with Crippen LogP contribution in [0.1, 0.15) is 17.8 Å². The molecule has 0 saturated heterocycles. The second kappa shape index (κ2) is 5.18. The highest BCUT2D eigenvalue weighted by molar-refractivity contribution is 7.13. The normalized spacial score (nSPS) is 10.6. The Bertz CT molecular complexity index is 465. The van der Waals surface area contributed by atoms with Crippen molar-refractivity contribution in [1.29, 1.82) is 0 Å². The van der Waals surface area contributed by atoms with Crippen molar-refractivity contribution >= 4 is 11.3 Å². The van der Waals surface area contributed by atoms with Gasteiger partial charge in [0.2, 0.25) is 0 Å². The Morgan fingerprint density at radius 1 is 1.38 bits per heavy atom. The molecule has 0 atom stereocenters. The fourth-order valence-corrected chi connectivity index (χ4v) is 2.44. The number of aromatic nitrogens is 2. The zero-order chi connectivity index (χ0) is 11.4. The summed E-state index contributed by atoms with van der Waals surface area (Å²) in [6, 6.07) is 4.08. The summed E-state index contributed by atoms with van der Waals surface area (Å²) in [4.78, 5) is 10.0. The van der Waals surface area contributed by atoms with Gasteiger partial charge in [-0.1, -0.05) is 0 Å². The number of rotatable bonds is 4. The highest BCUT2D eigenvalue weighted by atomic mass is 32.1. The lowest BCUT2D eigenvalue weighted by atomic mass is 10.2. The molecule has 0 bridgehead atoms. The maximum atomic E-state index is 5.48. The Kier molecular flexibility index (Phi) is 3.64. The van der Waals surface area contributed by atoms with Crippen LogP contribution in [0.4, 0.5) is 0 Å². The van der Waals surface area contributed by atoms with Gasteiger partial charge in [-0.15, -0.1) is 11.3 Å². The third kappa shape index (κ3) is 2.46. The molecule has 2 aromatic heterocycles. The molecule has 0 amide bonds. The Morgan fingerprint density at radius 2 is 2.25 bits per heavy atom. The minimum atomic E-state index is 0.686. The predicted molar refractivity (Wildman–Crippen MR) is 67.5 cm³/mol. The molecule has 16 heavy (non-hydrogen) atoms. The van der Waals surface area contributed by atoms with Crippen LogP contribution in [0.5, 0.6) is 0 Å². The van der Waals surface area contributed by atoms with Crippen LogP contribution in [0.25, 0.3) is 10.6 Å². The minimum Gasteiger partial charge on any atom is -0.330 e. The first-order chi connectivity index (χ1) is 7.81. The van der Waals surface area contributed by atoms with Crippen LogP contribution in [-0.2, 0) is 6.42 Å². The van der Waals surface area contributed by atoms with Crippen LogP contribution in [0.2, 0.25) is 0 Å².